The summed E-state index contributed by atoms with van der Waals surface area (Å²) in [6, 6.07) is 0. The van der Waals surface area contributed by atoms with Crippen LogP contribution in [0.15, 0.2) is 0 Å². The van der Waals surface area contributed by atoms with Crippen LogP contribution in [0.3, 0.4) is 0 Å². The summed E-state index contributed by atoms with van der Waals surface area (Å²) in [5, 5.41) is 9.97. The highest BCUT2D eigenvalue weighted by Gasteiger charge is 2.33. The quantitative estimate of drug-likeness (QED) is 0.661. The highest BCUT2D eigenvalue weighted by atomic mass is 16.3. The number of nitrogens with two attached hydrogens (primary N) is 1. The van der Waals surface area contributed by atoms with Gasteiger partial charge in [0.15, 0.2) is 0 Å². The predicted octanol–water partition coefficient (Wildman–Crippen LogP) is 1.52. The summed E-state index contributed by atoms with van der Waals surface area (Å²) in [4.78, 5) is 0. The van der Waals surface area contributed by atoms with Crippen LogP contribution < -0.4 is 5.73 Å². The fourth-order valence-electron chi connectivity index (χ4n) is 2.14. The molecule has 0 aromatic heterocycles. The molecule has 2 unspecified atom stereocenters. The molecule has 1 rings (SSSR count). The molecule has 1 aliphatic rings. The molecule has 0 amide bonds. The standard InChI is InChI=1S/C10H21NO/c1-8(2)9-4-3-5-10(12,6-9)7-11/h8-9,12H,3-7,11H2,1-2H3. The smallest absolute Gasteiger partial charge is 0.0772 e. The van der Waals surface area contributed by atoms with Crippen molar-refractivity contribution in [2.75, 3.05) is 6.54 Å². The van der Waals surface area contributed by atoms with E-state index in [0.29, 0.717) is 18.4 Å². The van der Waals surface area contributed by atoms with Gasteiger partial charge in [0, 0.05) is 6.54 Å². The molecule has 72 valence electrons. The maximum absolute atomic E-state index is 9.97. The van der Waals surface area contributed by atoms with Crippen molar-refractivity contribution in [3.8, 4) is 0 Å². The molecule has 2 heteroatoms. The van der Waals surface area contributed by atoms with Crippen LogP contribution in [-0.2, 0) is 0 Å². The molecule has 0 aromatic rings. The Hall–Kier alpha value is -0.0800. The number of aliphatic hydroxyl groups is 1. The van der Waals surface area contributed by atoms with Gasteiger partial charge in [0.05, 0.1) is 5.60 Å². The lowest BCUT2D eigenvalue weighted by molar-refractivity contribution is -0.0165. The average molecular weight is 171 g/mol. The van der Waals surface area contributed by atoms with Gasteiger partial charge in [0.25, 0.3) is 0 Å². The summed E-state index contributed by atoms with van der Waals surface area (Å²) in [7, 11) is 0. The van der Waals surface area contributed by atoms with Crippen LogP contribution in [-0.4, -0.2) is 17.3 Å². The van der Waals surface area contributed by atoms with Gasteiger partial charge in [-0.3, -0.25) is 0 Å². The summed E-state index contributed by atoms with van der Waals surface area (Å²) in [6.45, 7) is 4.88. The van der Waals surface area contributed by atoms with Crippen LogP contribution in [0.25, 0.3) is 0 Å². The van der Waals surface area contributed by atoms with Crippen LogP contribution in [0.4, 0.5) is 0 Å². The maximum atomic E-state index is 9.97. The molecule has 0 aromatic carbocycles. The van der Waals surface area contributed by atoms with Gasteiger partial charge in [-0.2, -0.15) is 0 Å². The van der Waals surface area contributed by atoms with E-state index in [0.717, 1.165) is 19.3 Å². The van der Waals surface area contributed by atoms with Crippen molar-refractivity contribution in [3.05, 3.63) is 0 Å². The van der Waals surface area contributed by atoms with E-state index >= 15 is 0 Å². The van der Waals surface area contributed by atoms with Crippen molar-refractivity contribution in [3.63, 3.8) is 0 Å². The normalized spacial score (nSPS) is 37.2. The van der Waals surface area contributed by atoms with E-state index in [2.05, 4.69) is 13.8 Å². The van der Waals surface area contributed by atoms with Gasteiger partial charge >= 0.3 is 0 Å². The largest absolute Gasteiger partial charge is 0.389 e. The molecule has 1 aliphatic carbocycles. The molecule has 1 fully saturated rings. The first-order chi connectivity index (χ1) is 5.57. The number of rotatable bonds is 2. The van der Waals surface area contributed by atoms with Crippen LogP contribution >= 0.6 is 0 Å². The summed E-state index contributed by atoms with van der Waals surface area (Å²) in [5.41, 5.74) is 5.00. The van der Waals surface area contributed by atoms with Gasteiger partial charge < -0.3 is 10.8 Å². The second-order valence-electron chi connectivity index (χ2n) is 4.53. The van der Waals surface area contributed by atoms with Crippen LogP contribution in [0, 0.1) is 11.8 Å². The van der Waals surface area contributed by atoms with Gasteiger partial charge in [-0.15, -0.1) is 0 Å². The van der Waals surface area contributed by atoms with Crippen molar-refractivity contribution < 1.29 is 5.11 Å². The lowest BCUT2D eigenvalue weighted by Gasteiger charge is -2.37. The van der Waals surface area contributed by atoms with Crippen molar-refractivity contribution in [2.24, 2.45) is 17.6 Å². The minimum Gasteiger partial charge on any atom is -0.389 e. The van der Waals surface area contributed by atoms with Gasteiger partial charge in [0.2, 0.25) is 0 Å². The topological polar surface area (TPSA) is 46.2 Å². The van der Waals surface area contributed by atoms with Gasteiger partial charge in [-0.1, -0.05) is 20.3 Å². The molecule has 12 heavy (non-hydrogen) atoms. The molecule has 0 saturated heterocycles. The Morgan fingerprint density at radius 1 is 1.58 bits per heavy atom. The van der Waals surface area contributed by atoms with E-state index in [-0.39, 0.29) is 0 Å². The summed E-state index contributed by atoms with van der Waals surface area (Å²) in [5.74, 6) is 1.36. The van der Waals surface area contributed by atoms with Gasteiger partial charge in [0.1, 0.15) is 0 Å². The SMILES string of the molecule is CC(C)C1CCCC(O)(CN)C1. The summed E-state index contributed by atoms with van der Waals surface area (Å²) >= 11 is 0. The molecular formula is C10H21NO. The molecule has 2 nitrogen and oxygen atoms in total. The van der Waals surface area contributed by atoms with E-state index in [1.807, 2.05) is 0 Å². The Kier molecular flexibility index (Phi) is 3.13. The Balaban J connectivity index is 2.51. The third-order valence-corrected chi connectivity index (χ3v) is 3.18. The zero-order chi connectivity index (χ0) is 9.19. The minimum atomic E-state index is -0.548. The highest BCUT2D eigenvalue weighted by molar-refractivity contribution is 4.87. The molecule has 0 bridgehead atoms. The first-order valence-electron chi connectivity index (χ1n) is 5.00. The third kappa shape index (κ3) is 2.20. The first-order valence-corrected chi connectivity index (χ1v) is 5.00. The highest BCUT2D eigenvalue weighted by Crippen LogP contribution is 2.35. The Morgan fingerprint density at radius 2 is 2.25 bits per heavy atom. The molecule has 2 atom stereocenters. The van der Waals surface area contributed by atoms with Crippen molar-refractivity contribution in [1.82, 2.24) is 0 Å². The van der Waals surface area contributed by atoms with E-state index < -0.39 is 5.60 Å². The van der Waals surface area contributed by atoms with Crippen molar-refractivity contribution >= 4 is 0 Å². The van der Waals surface area contributed by atoms with Crippen LogP contribution in [0.5, 0.6) is 0 Å². The van der Waals surface area contributed by atoms with Crippen LogP contribution in [0.1, 0.15) is 39.5 Å². The van der Waals surface area contributed by atoms with E-state index in [1.165, 1.54) is 6.42 Å². The first kappa shape index (κ1) is 10.0. The number of hydrogen-bond acceptors (Lipinski definition) is 2. The molecule has 0 spiro atoms. The fourth-order valence-corrected chi connectivity index (χ4v) is 2.14. The second-order valence-corrected chi connectivity index (χ2v) is 4.53. The van der Waals surface area contributed by atoms with E-state index in [4.69, 9.17) is 5.73 Å². The van der Waals surface area contributed by atoms with Gasteiger partial charge in [-0.05, 0) is 31.1 Å². The molecule has 3 N–H and O–H groups in total. The lowest BCUT2D eigenvalue weighted by atomic mass is 9.74. The Labute approximate surface area is 75.2 Å². The van der Waals surface area contributed by atoms with Gasteiger partial charge in [-0.25, -0.2) is 0 Å². The Morgan fingerprint density at radius 3 is 2.75 bits per heavy atom. The minimum absolute atomic E-state index is 0.427. The molecule has 0 heterocycles. The molecule has 0 aliphatic heterocycles. The third-order valence-electron chi connectivity index (χ3n) is 3.18. The van der Waals surface area contributed by atoms with Crippen molar-refractivity contribution in [2.45, 2.75) is 45.1 Å². The zero-order valence-corrected chi connectivity index (χ0v) is 8.21. The monoisotopic (exact) mass is 171 g/mol. The number of hydrogen-bond donors (Lipinski definition) is 2. The summed E-state index contributed by atoms with van der Waals surface area (Å²) in [6.07, 6.45) is 4.20. The maximum Gasteiger partial charge on any atom is 0.0772 e. The second kappa shape index (κ2) is 3.75. The van der Waals surface area contributed by atoms with E-state index in [1.54, 1.807) is 0 Å². The lowest BCUT2D eigenvalue weighted by Crippen LogP contribution is -2.43. The zero-order valence-electron chi connectivity index (χ0n) is 8.21. The average Bonchev–Trinajstić information content (AvgIpc) is 2.05. The molecule has 0 radical (unpaired) electrons. The van der Waals surface area contributed by atoms with Crippen LogP contribution in [0.2, 0.25) is 0 Å². The molecular weight excluding hydrogens is 150 g/mol. The van der Waals surface area contributed by atoms with E-state index in [9.17, 15) is 5.11 Å². The summed E-state index contributed by atoms with van der Waals surface area (Å²) < 4.78 is 0. The fraction of sp³-hybridized carbons (Fsp3) is 1.00. The predicted molar refractivity (Wildman–Crippen MR) is 50.8 cm³/mol. The molecule has 1 saturated carbocycles. The Bertz CT molecular complexity index is 147. The van der Waals surface area contributed by atoms with Crippen molar-refractivity contribution in [1.29, 1.82) is 0 Å².